The molecule has 0 unspecified atom stereocenters. The standard InChI is InChI=1S/C7H10O2/c1-2-3-7-4-8-6-9-5-7/h7H,4-6H2,1H3. The minimum atomic E-state index is 0.295. The summed E-state index contributed by atoms with van der Waals surface area (Å²) in [4.78, 5) is 0. The highest BCUT2D eigenvalue weighted by Gasteiger charge is 2.09. The zero-order valence-corrected chi connectivity index (χ0v) is 5.52. The highest BCUT2D eigenvalue weighted by atomic mass is 16.7. The van der Waals surface area contributed by atoms with Gasteiger partial charge in [-0.05, 0) is 6.92 Å². The Morgan fingerprint density at radius 3 is 2.56 bits per heavy atom. The molecule has 1 aliphatic rings. The molecule has 1 aliphatic heterocycles. The quantitative estimate of drug-likeness (QED) is 0.443. The lowest BCUT2D eigenvalue weighted by Gasteiger charge is -2.17. The van der Waals surface area contributed by atoms with Crippen molar-refractivity contribution in [3.63, 3.8) is 0 Å². The molecule has 0 N–H and O–H groups in total. The predicted octanol–water partition coefficient (Wildman–Crippen LogP) is 0.630. The molecule has 0 aromatic rings. The van der Waals surface area contributed by atoms with Crippen LogP contribution in [0.5, 0.6) is 0 Å². The van der Waals surface area contributed by atoms with Crippen molar-refractivity contribution in [3.8, 4) is 11.8 Å². The summed E-state index contributed by atoms with van der Waals surface area (Å²) >= 11 is 0. The van der Waals surface area contributed by atoms with Crippen LogP contribution in [0, 0.1) is 17.8 Å². The van der Waals surface area contributed by atoms with E-state index in [9.17, 15) is 0 Å². The summed E-state index contributed by atoms with van der Waals surface area (Å²) in [6.07, 6.45) is 0. The van der Waals surface area contributed by atoms with Gasteiger partial charge in [0, 0.05) is 0 Å². The molecule has 0 amide bonds. The Hall–Kier alpha value is -0.520. The first-order valence-electron chi connectivity index (χ1n) is 3.01. The van der Waals surface area contributed by atoms with Crippen molar-refractivity contribution < 1.29 is 9.47 Å². The SMILES string of the molecule is CC#CC1COCOC1. The summed E-state index contributed by atoms with van der Waals surface area (Å²) in [5.74, 6) is 6.11. The third kappa shape index (κ3) is 2.05. The molecular formula is C7H10O2. The van der Waals surface area contributed by atoms with Crippen molar-refractivity contribution in [2.45, 2.75) is 6.92 Å². The predicted molar refractivity (Wildman–Crippen MR) is 33.7 cm³/mol. The van der Waals surface area contributed by atoms with E-state index in [0.29, 0.717) is 12.7 Å². The summed E-state index contributed by atoms with van der Waals surface area (Å²) in [6, 6.07) is 0. The maximum atomic E-state index is 5.01. The van der Waals surface area contributed by atoms with Crippen molar-refractivity contribution in [1.29, 1.82) is 0 Å². The van der Waals surface area contributed by atoms with Gasteiger partial charge in [-0.3, -0.25) is 0 Å². The average molecular weight is 126 g/mol. The largest absolute Gasteiger partial charge is 0.354 e. The van der Waals surface area contributed by atoms with Gasteiger partial charge < -0.3 is 9.47 Å². The molecule has 9 heavy (non-hydrogen) atoms. The highest BCUT2D eigenvalue weighted by molar-refractivity contribution is 5.01. The van der Waals surface area contributed by atoms with Crippen LogP contribution in [0.15, 0.2) is 0 Å². The van der Waals surface area contributed by atoms with E-state index in [1.54, 1.807) is 0 Å². The van der Waals surface area contributed by atoms with E-state index in [1.807, 2.05) is 6.92 Å². The van der Waals surface area contributed by atoms with E-state index in [2.05, 4.69) is 11.8 Å². The molecule has 2 heteroatoms. The molecule has 1 saturated heterocycles. The monoisotopic (exact) mass is 126 g/mol. The second-order valence-corrected chi connectivity index (χ2v) is 1.95. The molecule has 0 bridgehead atoms. The first kappa shape index (κ1) is 6.60. The van der Waals surface area contributed by atoms with Gasteiger partial charge in [-0.25, -0.2) is 0 Å². The highest BCUT2D eigenvalue weighted by Crippen LogP contribution is 2.02. The van der Waals surface area contributed by atoms with Gasteiger partial charge >= 0.3 is 0 Å². The van der Waals surface area contributed by atoms with Crippen molar-refractivity contribution in [3.05, 3.63) is 0 Å². The van der Waals surface area contributed by atoms with E-state index in [1.165, 1.54) is 0 Å². The van der Waals surface area contributed by atoms with Crippen LogP contribution in [-0.4, -0.2) is 20.0 Å². The third-order valence-corrected chi connectivity index (χ3v) is 1.15. The van der Waals surface area contributed by atoms with E-state index < -0.39 is 0 Å². The lowest BCUT2D eigenvalue weighted by molar-refractivity contribution is -0.113. The Bertz CT molecular complexity index is 126. The van der Waals surface area contributed by atoms with Crippen molar-refractivity contribution in [2.24, 2.45) is 5.92 Å². The molecule has 0 spiro atoms. The van der Waals surface area contributed by atoms with Crippen LogP contribution in [0.25, 0.3) is 0 Å². The van der Waals surface area contributed by atoms with Gasteiger partial charge in [-0.2, -0.15) is 0 Å². The molecule has 0 atom stereocenters. The van der Waals surface area contributed by atoms with E-state index in [0.717, 1.165) is 13.2 Å². The van der Waals surface area contributed by atoms with Gasteiger partial charge in [0.05, 0.1) is 19.1 Å². The first-order valence-corrected chi connectivity index (χ1v) is 3.01. The van der Waals surface area contributed by atoms with Gasteiger partial charge in [0.2, 0.25) is 0 Å². The Morgan fingerprint density at radius 1 is 1.33 bits per heavy atom. The molecular weight excluding hydrogens is 116 g/mol. The second-order valence-electron chi connectivity index (χ2n) is 1.95. The molecule has 1 heterocycles. The Labute approximate surface area is 55.1 Å². The minimum absolute atomic E-state index is 0.295. The third-order valence-electron chi connectivity index (χ3n) is 1.15. The van der Waals surface area contributed by atoms with E-state index in [-0.39, 0.29) is 0 Å². The summed E-state index contributed by atoms with van der Waals surface area (Å²) in [6.45, 7) is 3.71. The molecule has 2 nitrogen and oxygen atoms in total. The van der Waals surface area contributed by atoms with Crippen LogP contribution in [0.2, 0.25) is 0 Å². The fourth-order valence-corrected chi connectivity index (χ4v) is 0.775. The molecule has 50 valence electrons. The van der Waals surface area contributed by atoms with Crippen LogP contribution < -0.4 is 0 Å². The van der Waals surface area contributed by atoms with Crippen LogP contribution in [-0.2, 0) is 9.47 Å². The lowest BCUT2D eigenvalue weighted by atomic mass is 10.2. The molecule has 0 aliphatic carbocycles. The summed E-state index contributed by atoms with van der Waals surface area (Å²) < 4.78 is 10.0. The minimum Gasteiger partial charge on any atom is -0.354 e. The average Bonchev–Trinajstić information content (AvgIpc) is 1.91. The Balaban J connectivity index is 2.28. The van der Waals surface area contributed by atoms with Gasteiger partial charge in [-0.1, -0.05) is 5.92 Å². The summed E-state index contributed by atoms with van der Waals surface area (Å²) in [5.41, 5.74) is 0. The van der Waals surface area contributed by atoms with Crippen LogP contribution in [0.1, 0.15) is 6.92 Å². The van der Waals surface area contributed by atoms with Crippen molar-refractivity contribution in [1.82, 2.24) is 0 Å². The van der Waals surface area contributed by atoms with Crippen LogP contribution in [0.3, 0.4) is 0 Å². The van der Waals surface area contributed by atoms with Crippen LogP contribution >= 0.6 is 0 Å². The molecule has 1 rings (SSSR count). The van der Waals surface area contributed by atoms with Gasteiger partial charge in [0.1, 0.15) is 6.79 Å². The lowest BCUT2D eigenvalue weighted by Crippen LogP contribution is -2.22. The Kier molecular flexibility index (Phi) is 2.56. The topological polar surface area (TPSA) is 18.5 Å². The zero-order chi connectivity index (χ0) is 6.53. The maximum absolute atomic E-state index is 5.01. The first-order chi connectivity index (χ1) is 4.43. The van der Waals surface area contributed by atoms with E-state index >= 15 is 0 Å². The molecule has 0 radical (unpaired) electrons. The number of ether oxygens (including phenoxy) is 2. The van der Waals surface area contributed by atoms with Crippen LogP contribution in [0.4, 0.5) is 0 Å². The molecule has 1 fully saturated rings. The van der Waals surface area contributed by atoms with Crippen molar-refractivity contribution >= 4 is 0 Å². The normalized spacial score (nSPS) is 20.6. The number of rotatable bonds is 0. The fourth-order valence-electron chi connectivity index (χ4n) is 0.775. The van der Waals surface area contributed by atoms with Gasteiger partial charge in [0.25, 0.3) is 0 Å². The maximum Gasteiger partial charge on any atom is 0.146 e. The van der Waals surface area contributed by atoms with Gasteiger partial charge in [0.15, 0.2) is 0 Å². The van der Waals surface area contributed by atoms with Gasteiger partial charge in [-0.15, -0.1) is 5.92 Å². The summed E-state index contributed by atoms with van der Waals surface area (Å²) in [7, 11) is 0. The zero-order valence-electron chi connectivity index (χ0n) is 5.52. The van der Waals surface area contributed by atoms with Crippen molar-refractivity contribution in [2.75, 3.05) is 20.0 Å². The number of hydrogen-bond donors (Lipinski definition) is 0. The second kappa shape index (κ2) is 3.49. The summed E-state index contributed by atoms with van der Waals surface area (Å²) in [5, 5.41) is 0. The molecule has 0 saturated carbocycles. The Morgan fingerprint density at radius 2 is 2.00 bits per heavy atom. The van der Waals surface area contributed by atoms with E-state index in [4.69, 9.17) is 9.47 Å². The molecule has 0 aromatic heterocycles. The fraction of sp³-hybridized carbons (Fsp3) is 0.714. The molecule has 0 aromatic carbocycles. The number of hydrogen-bond acceptors (Lipinski definition) is 2. The smallest absolute Gasteiger partial charge is 0.146 e.